The molecule has 2 N–H and O–H groups in total. The van der Waals surface area contributed by atoms with Crippen LogP contribution in [0.4, 0.5) is 4.39 Å². The normalized spacial score (nSPS) is 10.6. The standard InChI is InChI=1S/C10H10FNO/c11-10-4-3-9(7-12)8(6-10)2-1-5-13/h1-6H,7,12H2. The van der Waals surface area contributed by atoms with Crippen LogP contribution < -0.4 is 5.73 Å². The molecule has 2 nitrogen and oxygen atoms in total. The van der Waals surface area contributed by atoms with Gasteiger partial charge in [0, 0.05) is 6.54 Å². The van der Waals surface area contributed by atoms with Crippen molar-refractivity contribution in [1.82, 2.24) is 0 Å². The lowest BCUT2D eigenvalue weighted by Gasteiger charge is -2.01. The minimum atomic E-state index is -0.331. The van der Waals surface area contributed by atoms with Crippen molar-refractivity contribution >= 4 is 12.4 Å². The van der Waals surface area contributed by atoms with Crippen molar-refractivity contribution in [3.63, 3.8) is 0 Å². The van der Waals surface area contributed by atoms with Crippen LogP contribution in [0, 0.1) is 5.82 Å². The van der Waals surface area contributed by atoms with E-state index in [0.29, 0.717) is 18.4 Å². The number of benzene rings is 1. The largest absolute Gasteiger partial charge is 0.326 e. The molecule has 0 fully saturated rings. The molecule has 0 saturated heterocycles. The molecule has 68 valence electrons. The predicted octanol–water partition coefficient (Wildman–Crippen LogP) is 1.50. The van der Waals surface area contributed by atoms with Crippen LogP contribution in [-0.4, -0.2) is 6.29 Å². The van der Waals surface area contributed by atoms with Gasteiger partial charge in [0.2, 0.25) is 0 Å². The molecule has 0 heterocycles. The highest BCUT2D eigenvalue weighted by molar-refractivity contribution is 5.74. The van der Waals surface area contributed by atoms with Gasteiger partial charge >= 0.3 is 0 Å². The van der Waals surface area contributed by atoms with Gasteiger partial charge in [-0.15, -0.1) is 0 Å². The Kier molecular flexibility index (Phi) is 3.34. The summed E-state index contributed by atoms with van der Waals surface area (Å²) in [7, 11) is 0. The lowest BCUT2D eigenvalue weighted by Crippen LogP contribution is -1.99. The maximum absolute atomic E-state index is 12.7. The van der Waals surface area contributed by atoms with Crippen LogP contribution in [0.1, 0.15) is 11.1 Å². The van der Waals surface area contributed by atoms with Gasteiger partial charge in [0.1, 0.15) is 12.1 Å². The van der Waals surface area contributed by atoms with E-state index in [-0.39, 0.29) is 5.82 Å². The van der Waals surface area contributed by atoms with E-state index >= 15 is 0 Å². The van der Waals surface area contributed by atoms with E-state index in [2.05, 4.69) is 0 Å². The number of hydrogen-bond acceptors (Lipinski definition) is 2. The molecule has 0 aromatic heterocycles. The number of allylic oxidation sites excluding steroid dienone is 1. The molecule has 0 saturated carbocycles. The molecule has 0 bridgehead atoms. The molecule has 0 aliphatic heterocycles. The fraction of sp³-hybridized carbons (Fsp3) is 0.100. The zero-order chi connectivity index (χ0) is 9.68. The molecular weight excluding hydrogens is 169 g/mol. The molecule has 0 aliphatic carbocycles. The first-order valence-electron chi connectivity index (χ1n) is 3.88. The van der Waals surface area contributed by atoms with Crippen LogP contribution in [-0.2, 0) is 11.3 Å². The molecule has 13 heavy (non-hydrogen) atoms. The summed E-state index contributed by atoms with van der Waals surface area (Å²) in [4.78, 5) is 10.1. The third-order valence-corrected chi connectivity index (χ3v) is 1.68. The third-order valence-electron chi connectivity index (χ3n) is 1.68. The number of rotatable bonds is 3. The highest BCUT2D eigenvalue weighted by atomic mass is 19.1. The molecular formula is C10H10FNO. The molecule has 0 aliphatic rings. The van der Waals surface area contributed by atoms with Gasteiger partial charge in [-0.05, 0) is 29.3 Å². The van der Waals surface area contributed by atoms with Gasteiger partial charge in [0.15, 0.2) is 0 Å². The Morgan fingerprint density at radius 2 is 2.23 bits per heavy atom. The Hall–Kier alpha value is -1.48. The number of aldehydes is 1. The first-order valence-corrected chi connectivity index (χ1v) is 3.88. The summed E-state index contributed by atoms with van der Waals surface area (Å²) in [5.41, 5.74) is 6.89. The highest BCUT2D eigenvalue weighted by Crippen LogP contribution is 2.12. The van der Waals surface area contributed by atoms with Crippen LogP contribution in [0.25, 0.3) is 6.08 Å². The zero-order valence-corrected chi connectivity index (χ0v) is 7.03. The van der Waals surface area contributed by atoms with Crippen molar-refractivity contribution in [3.05, 3.63) is 41.2 Å². The van der Waals surface area contributed by atoms with E-state index in [0.717, 1.165) is 5.56 Å². The highest BCUT2D eigenvalue weighted by Gasteiger charge is 1.98. The maximum atomic E-state index is 12.7. The Morgan fingerprint density at radius 1 is 1.46 bits per heavy atom. The average molecular weight is 179 g/mol. The van der Waals surface area contributed by atoms with Gasteiger partial charge in [-0.25, -0.2) is 4.39 Å². The van der Waals surface area contributed by atoms with Crippen molar-refractivity contribution in [3.8, 4) is 0 Å². The summed E-state index contributed by atoms with van der Waals surface area (Å²) in [6.07, 6.45) is 3.50. The van der Waals surface area contributed by atoms with E-state index in [1.165, 1.54) is 24.3 Å². The van der Waals surface area contributed by atoms with Crippen molar-refractivity contribution < 1.29 is 9.18 Å². The summed E-state index contributed by atoms with van der Waals surface area (Å²) in [5.74, 6) is -0.331. The first kappa shape index (κ1) is 9.61. The van der Waals surface area contributed by atoms with E-state index in [1.807, 2.05) is 0 Å². The molecule has 0 amide bonds. The maximum Gasteiger partial charge on any atom is 0.142 e. The topological polar surface area (TPSA) is 43.1 Å². The minimum Gasteiger partial charge on any atom is -0.326 e. The Bertz CT molecular complexity index is 334. The van der Waals surface area contributed by atoms with Crippen LogP contribution in [0.3, 0.4) is 0 Å². The van der Waals surface area contributed by atoms with E-state index < -0.39 is 0 Å². The van der Waals surface area contributed by atoms with Crippen molar-refractivity contribution in [2.45, 2.75) is 6.54 Å². The van der Waals surface area contributed by atoms with E-state index in [4.69, 9.17) is 5.73 Å². The summed E-state index contributed by atoms with van der Waals surface area (Å²) in [5, 5.41) is 0. The molecule has 0 spiro atoms. The van der Waals surface area contributed by atoms with Gasteiger partial charge < -0.3 is 5.73 Å². The SMILES string of the molecule is NCc1ccc(F)cc1C=CC=O. The molecule has 3 heteroatoms. The predicted molar refractivity (Wildman–Crippen MR) is 49.4 cm³/mol. The first-order chi connectivity index (χ1) is 6.27. The quantitative estimate of drug-likeness (QED) is 0.564. The van der Waals surface area contributed by atoms with Gasteiger partial charge in [-0.3, -0.25) is 4.79 Å². The monoisotopic (exact) mass is 179 g/mol. The minimum absolute atomic E-state index is 0.331. The Morgan fingerprint density at radius 3 is 2.85 bits per heavy atom. The van der Waals surface area contributed by atoms with E-state index in [9.17, 15) is 9.18 Å². The number of carbonyl (C=O) groups is 1. The Balaban J connectivity index is 3.07. The van der Waals surface area contributed by atoms with Crippen LogP contribution in [0.15, 0.2) is 24.3 Å². The number of halogens is 1. The lowest BCUT2D eigenvalue weighted by molar-refractivity contribution is -0.104. The number of hydrogen-bond donors (Lipinski definition) is 1. The fourth-order valence-electron chi connectivity index (χ4n) is 1.05. The second-order valence-corrected chi connectivity index (χ2v) is 2.54. The van der Waals surface area contributed by atoms with Crippen LogP contribution in [0.2, 0.25) is 0 Å². The summed E-state index contributed by atoms with van der Waals surface area (Å²) in [6, 6.07) is 4.31. The van der Waals surface area contributed by atoms with Gasteiger partial charge in [-0.2, -0.15) is 0 Å². The fourth-order valence-corrected chi connectivity index (χ4v) is 1.05. The molecule has 1 aromatic carbocycles. The van der Waals surface area contributed by atoms with E-state index in [1.54, 1.807) is 6.07 Å². The van der Waals surface area contributed by atoms with Crippen molar-refractivity contribution in [1.29, 1.82) is 0 Å². The van der Waals surface area contributed by atoms with Crippen LogP contribution >= 0.6 is 0 Å². The molecule has 1 aromatic rings. The number of carbonyl (C=O) groups excluding carboxylic acids is 1. The summed E-state index contributed by atoms with van der Waals surface area (Å²) in [6.45, 7) is 0.332. The summed E-state index contributed by atoms with van der Waals surface area (Å²) >= 11 is 0. The summed E-state index contributed by atoms with van der Waals surface area (Å²) < 4.78 is 12.7. The molecule has 1 rings (SSSR count). The number of nitrogens with two attached hydrogens (primary N) is 1. The molecule has 0 unspecified atom stereocenters. The van der Waals surface area contributed by atoms with Gasteiger partial charge in [0.25, 0.3) is 0 Å². The zero-order valence-electron chi connectivity index (χ0n) is 7.03. The second kappa shape index (κ2) is 4.52. The van der Waals surface area contributed by atoms with Gasteiger partial charge in [0.05, 0.1) is 0 Å². The lowest BCUT2D eigenvalue weighted by atomic mass is 10.1. The van der Waals surface area contributed by atoms with Gasteiger partial charge in [-0.1, -0.05) is 12.1 Å². The third kappa shape index (κ3) is 2.49. The average Bonchev–Trinajstić information content (AvgIpc) is 2.15. The molecule has 0 radical (unpaired) electrons. The molecule has 0 atom stereocenters. The Labute approximate surface area is 75.9 Å². The second-order valence-electron chi connectivity index (χ2n) is 2.54. The van der Waals surface area contributed by atoms with Crippen LogP contribution in [0.5, 0.6) is 0 Å². The van der Waals surface area contributed by atoms with Crippen molar-refractivity contribution in [2.24, 2.45) is 5.73 Å². The smallest absolute Gasteiger partial charge is 0.142 e. The van der Waals surface area contributed by atoms with Crippen molar-refractivity contribution in [2.75, 3.05) is 0 Å².